The van der Waals surface area contributed by atoms with Crippen LogP contribution in [-0.2, 0) is 20.7 Å². The summed E-state index contributed by atoms with van der Waals surface area (Å²) in [6.45, 7) is 2.27. The molecule has 0 spiro atoms. The van der Waals surface area contributed by atoms with Crippen LogP contribution in [0.1, 0.15) is 31.2 Å². The fourth-order valence-corrected chi connectivity index (χ4v) is 5.64. The maximum atomic E-state index is 12.5. The summed E-state index contributed by atoms with van der Waals surface area (Å²) in [4.78, 5) is 13.9. The van der Waals surface area contributed by atoms with Gasteiger partial charge in [0.25, 0.3) is 0 Å². The van der Waals surface area contributed by atoms with E-state index in [1.54, 1.807) is 14.2 Å². The van der Waals surface area contributed by atoms with E-state index in [4.69, 9.17) is 32.7 Å². The lowest BCUT2D eigenvalue weighted by molar-refractivity contribution is -0.239. The van der Waals surface area contributed by atoms with Crippen LogP contribution < -0.4 is 5.32 Å². The van der Waals surface area contributed by atoms with E-state index in [1.165, 1.54) is 0 Å². The summed E-state index contributed by atoms with van der Waals surface area (Å²) in [5.41, 5.74) is 0.994. The zero-order chi connectivity index (χ0) is 20.2. The Morgan fingerprint density at radius 2 is 1.86 bits per heavy atom. The van der Waals surface area contributed by atoms with Crippen molar-refractivity contribution in [2.45, 2.75) is 48.3 Å². The van der Waals surface area contributed by atoms with Gasteiger partial charge < -0.3 is 14.8 Å². The first-order valence-corrected chi connectivity index (χ1v) is 10.8. The van der Waals surface area contributed by atoms with E-state index >= 15 is 0 Å². The molecule has 1 heterocycles. The summed E-state index contributed by atoms with van der Waals surface area (Å²) in [5, 5.41) is 2.52. The zero-order valence-corrected chi connectivity index (χ0v) is 18.1. The minimum absolute atomic E-state index is 0.00641. The molecule has 1 aliphatic heterocycles. The molecular weight excluding hydrogens is 399 g/mol. The van der Waals surface area contributed by atoms with Crippen LogP contribution in [0.25, 0.3) is 0 Å². The number of carbonyl (C=O) groups excluding carboxylic acids is 1. The number of likely N-dealkylation sites (tertiary alicyclic amines) is 1. The fraction of sp³-hybridized carbons (Fsp3) is 0.667. The number of methoxy groups -OCH3 is 2. The zero-order valence-electron chi connectivity index (χ0n) is 16.6. The second kappa shape index (κ2) is 9.31. The molecule has 2 fully saturated rings. The molecule has 3 rings (SSSR count). The molecule has 3 atom stereocenters. The van der Waals surface area contributed by atoms with E-state index in [-0.39, 0.29) is 11.8 Å². The number of nitrogens with one attached hydrogen (secondary N) is 1. The molecule has 1 saturated heterocycles. The predicted octanol–water partition coefficient (Wildman–Crippen LogP) is 3.38. The molecule has 1 N–H and O–H groups in total. The van der Waals surface area contributed by atoms with Gasteiger partial charge >= 0.3 is 0 Å². The summed E-state index contributed by atoms with van der Waals surface area (Å²) in [5.74, 6) is -0.919. The third kappa shape index (κ3) is 4.19. The molecule has 1 saturated carbocycles. The molecule has 1 aliphatic carbocycles. The number of alkyl halides is 2. The summed E-state index contributed by atoms with van der Waals surface area (Å²) in [6, 6.07) is 9.73. The van der Waals surface area contributed by atoms with Gasteiger partial charge in [0.05, 0.1) is 6.42 Å². The lowest BCUT2D eigenvalue weighted by Crippen LogP contribution is -2.67. The van der Waals surface area contributed by atoms with Gasteiger partial charge in [0.1, 0.15) is 10.4 Å². The van der Waals surface area contributed by atoms with Gasteiger partial charge in [-0.25, -0.2) is 0 Å². The maximum absolute atomic E-state index is 12.5. The average Bonchev–Trinajstić information content (AvgIpc) is 3.26. The highest BCUT2D eigenvalue weighted by Gasteiger charge is 2.60. The summed E-state index contributed by atoms with van der Waals surface area (Å²) < 4.78 is 11.4. The summed E-state index contributed by atoms with van der Waals surface area (Å²) >= 11 is 14.2. The Morgan fingerprint density at radius 3 is 2.46 bits per heavy atom. The number of carbonyl (C=O) groups is 1. The van der Waals surface area contributed by atoms with Crippen molar-refractivity contribution in [2.24, 2.45) is 5.92 Å². The molecule has 1 aromatic rings. The largest absolute Gasteiger partial charge is 0.355 e. The fourth-order valence-electron chi connectivity index (χ4n) is 4.52. The van der Waals surface area contributed by atoms with Crippen molar-refractivity contribution in [3.8, 4) is 0 Å². The molecular formula is C21H30Cl2N2O3. The van der Waals surface area contributed by atoms with Gasteiger partial charge in [0.15, 0.2) is 5.79 Å². The topological polar surface area (TPSA) is 50.8 Å². The standard InChI is InChI=1S/C21H30Cl2N2O3/c1-27-20(28-2)11-10-17(21(23,19(20)22)25-12-6-7-13-25)15-24-18(26)14-16-8-4-3-5-9-16/h3-5,8-9,17,19H,6-7,10-15H2,1-2H3,(H,24,26). The number of hydrogen-bond acceptors (Lipinski definition) is 4. The maximum Gasteiger partial charge on any atom is 0.224 e. The molecule has 0 aromatic heterocycles. The number of hydrogen-bond donors (Lipinski definition) is 1. The van der Waals surface area contributed by atoms with E-state index in [0.29, 0.717) is 19.4 Å². The first kappa shape index (κ1) is 21.8. The van der Waals surface area contributed by atoms with Crippen LogP contribution in [0.2, 0.25) is 0 Å². The van der Waals surface area contributed by atoms with Gasteiger partial charge in [-0.3, -0.25) is 9.69 Å². The van der Waals surface area contributed by atoms with Gasteiger partial charge in [-0.15, -0.1) is 11.6 Å². The number of rotatable bonds is 7. The summed E-state index contributed by atoms with van der Waals surface area (Å²) in [6.07, 6.45) is 3.94. The summed E-state index contributed by atoms with van der Waals surface area (Å²) in [7, 11) is 3.23. The van der Waals surface area contributed by atoms with Crippen LogP contribution in [0.5, 0.6) is 0 Å². The monoisotopic (exact) mass is 428 g/mol. The molecule has 7 heteroatoms. The van der Waals surface area contributed by atoms with Crippen LogP contribution in [0, 0.1) is 5.92 Å². The lowest BCUT2D eigenvalue weighted by atomic mass is 9.78. The average molecular weight is 429 g/mol. The predicted molar refractivity (Wildman–Crippen MR) is 112 cm³/mol. The van der Waals surface area contributed by atoms with E-state index in [2.05, 4.69) is 10.2 Å². The Morgan fingerprint density at radius 1 is 1.21 bits per heavy atom. The minimum Gasteiger partial charge on any atom is -0.355 e. The molecule has 1 amide bonds. The van der Waals surface area contributed by atoms with Crippen molar-refractivity contribution >= 4 is 29.1 Å². The Balaban J connectivity index is 1.72. The first-order chi connectivity index (χ1) is 13.5. The van der Waals surface area contributed by atoms with Gasteiger partial charge in [-0.1, -0.05) is 41.9 Å². The quantitative estimate of drug-likeness (QED) is 0.410. The molecule has 156 valence electrons. The third-order valence-corrected chi connectivity index (χ3v) is 7.73. The third-order valence-electron chi connectivity index (χ3n) is 6.19. The smallest absolute Gasteiger partial charge is 0.224 e. The SMILES string of the molecule is COC1(OC)CCC(CNC(=O)Cc2ccccc2)C(Cl)(N2CCCC2)C1Cl. The molecule has 3 unspecified atom stereocenters. The number of benzene rings is 1. The molecule has 0 radical (unpaired) electrons. The van der Waals surface area contributed by atoms with Crippen LogP contribution in [0.15, 0.2) is 30.3 Å². The van der Waals surface area contributed by atoms with Crippen LogP contribution in [0.3, 0.4) is 0 Å². The first-order valence-electron chi connectivity index (χ1n) is 9.95. The van der Waals surface area contributed by atoms with Crippen LogP contribution >= 0.6 is 23.2 Å². The van der Waals surface area contributed by atoms with Crippen molar-refractivity contribution < 1.29 is 14.3 Å². The van der Waals surface area contributed by atoms with Gasteiger partial charge in [-0.05, 0) is 37.9 Å². The van der Waals surface area contributed by atoms with E-state index in [0.717, 1.165) is 37.9 Å². The van der Waals surface area contributed by atoms with Crippen molar-refractivity contribution in [2.75, 3.05) is 33.9 Å². The number of nitrogens with zero attached hydrogens (tertiary/aromatic N) is 1. The second-order valence-corrected chi connectivity index (χ2v) is 8.75. The Hall–Kier alpha value is -0.850. The number of halogens is 2. The van der Waals surface area contributed by atoms with E-state index in [9.17, 15) is 4.79 Å². The Bertz CT molecular complexity index is 650. The van der Waals surface area contributed by atoms with Crippen molar-refractivity contribution in [3.05, 3.63) is 35.9 Å². The van der Waals surface area contributed by atoms with E-state index in [1.807, 2.05) is 30.3 Å². The van der Waals surface area contributed by atoms with Crippen LogP contribution in [-0.4, -0.2) is 60.8 Å². The molecule has 5 nitrogen and oxygen atoms in total. The molecule has 1 aromatic carbocycles. The lowest BCUT2D eigenvalue weighted by Gasteiger charge is -2.54. The number of ether oxygens (including phenoxy) is 2. The second-order valence-electron chi connectivity index (χ2n) is 7.71. The van der Waals surface area contributed by atoms with Gasteiger partial charge in [-0.2, -0.15) is 0 Å². The van der Waals surface area contributed by atoms with Crippen molar-refractivity contribution in [3.63, 3.8) is 0 Å². The normalized spacial score (nSPS) is 30.3. The highest BCUT2D eigenvalue weighted by atomic mass is 35.5. The Kier molecular flexibility index (Phi) is 7.26. The van der Waals surface area contributed by atoms with Gasteiger partial charge in [0.2, 0.25) is 5.91 Å². The highest BCUT2D eigenvalue weighted by Crippen LogP contribution is 2.51. The Labute approximate surface area is 177 Å². The molecule has 28 heavy (non-hydrogen) atoms. The van der Waals surface area contributed by atoms with Crippen molar-refractivity contribution in [1.29, 1.82) is 0 Å². The highest BCUT2D eigenvalue weighted by molar-refractivity contribution is 6.33. The van der Waals surface area contributed by atoms with Gasteiger partial charge in [0, 0.05) is 33.1 Å². The minimum atomic E-state index is -0.920. The van der Waals surface area contributed by atoms with E-state index < -0.39 is 16.2 Å². The van der Waals surface area contributed by atoms with Crippen molar-refractivity contribution in [1.82, 2.24) is 10.2 Å². The number of amides is 1. The van der Waals surface area contributed by atoms with Crippen LogP contribution in [0.4, 0.5) is 0 Å². The molecule has 0 bridgehead atoms. The molecule has 2 aliphatic rings.